The zero-order chi connectivity index (χ0) is 26.0. The van der Waals surface area contributed by atoms with Gasteiger partial charge >= 0.3 is 0 Å². The zero-order valence-corrected chi connectivity index (χ0v) is 21.5. The number of nitrogens with two attached hydrogens (primary N) is 1. The average Bonchev–Trinajstić information content (AvgIpc) is 3.57. The molecule has 0 spiro atoms. The highest BCUT2D eigenvalue weighted by molar-refractivity contribution is 6.42. The maximum atomic E-state index is 11.4. The van der Waals surface area contributed by atoms with E-state index in [0.717, 1.165) is 17.2 Å². The summed E-state index contributed by atoms with van der Waals surface area (Å²) in [5, 5.41) is 0.769. The molecule has 7 nitrogen and oxygen atoms in total. The van der Waals surface area contributed by atoms with Gasteiger partial charge in [-0.05, 0) is 94.1 Å². The smallest absolute Gasteiger partial charge is 0.289 e. The molecule has 2 N–H and O–H groups in total. The van der Waals surface area contributed by atoms with Crippen molar-refractivity contribution in [3.63, 3.8) is 0 Å². The van der Waals surface area contributed by atoms with Crippen LogP contribution in [0.2, 0.25) is 5.02 Å². The van der Waals surface area contributed by atoms with Crippen LogP contribution in [0.5, 0.6) is 17.4 Å². The summed E-state index contributed by atoms with van der Waals surface area (Å²) in [5.74, 6) is -0.0686. The normalized spacial score (nSPS) is 14.9. The lowest BCUT2D eigenvalue weighted by atomic mass is 10.1. The van der Waals surface area contributed by atoms with Gasteiger partial charge in [-0.2, -0.15) is 0 Å². The van der Waals surface area contributed by atoms with Crippen molar-refractivity contribution in [1.82, 2.24) is 9.88 Å². The summed E-state index contributed by atoms with van der Waals surface area (Å²) in [7, 11) is 0. The topological polar surface area (TPSA) is 94.8 Å². The van der Waals surface area contributed by atoms with Crippen molar-refractivity contribution in [2.75, 3.05) is 19.6 Å². The Bertz CT molecular complexity index is 1190. The fourth-order valence-corrected chi connectivity index (χ4v) is 4.29. The number of amides is 1. The molecule has 1 amide bonds. The molecule has 37 heavy (non-hydrogen) atoms. The maximum Gasteiger partial charge on any atom is 0.289 e. The molecule has 0 radical (unpaired) electrons. The number of ketones is 1. The Hall–Kier alpha value is -3.42. The van der Waals surface area contributed by atoms with Gasteiger partial charge in [0.2, 0.25) is 11.7 Å². The molecule has 8 heteroatoms. The van der Waals surface area contributed by atoms with Crippen molar-refractivity contribution in [2.24, 2.45) is 5.73 Å². The monoisotopic (exact) mass is 521 g/mol. The molecule has 0 atom stereocenters. The first-order valence-electron chi connectivity index (χ1n) is 12.7. The van der Waals surface area contributed by atoms with Gasteiger partial charge in [0, 0.05) is 17.8 Å². The lowest BCUT2D eigenvalue weighted by Crippen LogP contribution is -2.22. The highest BCUT2D eigenvalue weighted by Crippen LogP contribution is 2.32. The number of hydrogen-bond donors (Lipinski definition) is 1. The molecule has 1 saturated carbocycles. The summed E-state index contributed by atoms with van der Waals surface area (Å²) < 4.78 is 11.2. The number of nitrogens with zero attached hydrogens (tertiary/aromatic N) is 2. The Kier molecular flexibility index (Phi) is 9.52. The number of aryl methyl sites for hydroxylation is 1. The van der Waals surface area contributed by atoms with E-state index in [4.69, 9.17) is 26.8 Å². The van der Waals surface area contributed by atoms with E-state index in [2.05, 4.69) is 22.0 Å². The van der Waals surface area contributed by atoms with Crippen molar-refractivity contribution in [2.45, 2.75) is 44.6 Å². The third-order valence-electron chi connectivity index (χ3n) is 6.13. The lowest BCUT2D eigenvalue weighted by Gasteiger charge is -2.14. The van der Waals surface area contributed by atoms with Gasteiger partial charge in [0.05, 0.1) is 11.1 Å². The van der Waals surface area contributed by atoms with Gasteiger partial charge in [0.1, 0.15) is 11.5 Å². The summed E-state index contributed by atoms with van der Waals surface area (Å²) in [6.07, 6.45) is 9.44. The molecule has 2 aliphatic rings. The Balaban J connectivity index is 0.000000173. The van der Waals surface area contributed by atoms with Crippen LogP contribution in [0, 0.1) is 0 Å². The summed E-state index contributed by atoms with van der Waals surface area (Å²) in [6, 6.07) is 17.7. The number of primary amides is 1. The highest BCUT2D eigenvalue weighted by Gasteiger charge is 2.24. The quantitative estimate of drug-likeness (QED) is 0.281. The van der Waals surface area contributed by atoms with E-state index < -0.39 is 11.7 Å². The van der Waals surface area contributed by atoms with E-state index in [9.17, 15) is 9.59 Å². The Morgan fingerprint density at radius 2 is 1.84 bits per heavy atom. The standard InChI is InChI=1S/C16H22ClNO.C13H10N2O3/c17-15-12-13(4-3-11-18-9-1-2-10-18)5-8-16(15)19-14-6-7-14;14-13(17)12(16)9-4-3-5-10(8-9)18-11-6-1-2-7-15-11/h5,8,12,14H,1-4,6-7,9-11H2;1-8H,(H2,14,17). The molecule has 1 aliphatic carbocycles. The highest BCUT2D eigenvalue weighted by atomic mass is 35.5. The molecule has 1 aliphatic heterocycles. The van der Waals surface area contributed by atoms with Gasteiger partial charge in [-0.25, -0.2) is 4.98 Å². The molecule has 0 bridgehead atoms. The minimum atomic E-state index is -0.995. The minimum absolute atomic E-state index is 0.191. The molecule has 1 saturated heterocycles. The van der Waals surface area contributed by atoms with Crippen LogP contribution in [0.25, 0.3) is 0 Å². The van der Waals surface area contributed by atoms with Crippen LogP contribution >= 0.6 is 11.6 Å². The second kappa shape index (κ2) is 13.2. The Morgan fingerprint density at radius 3 is 2.51 bits per heavy atom. The number of pyridine rings is 1. The predicted octanol–water partition coefficient (Wildman–Crippen LogP) is 5.45. The fraction of sp³-hybridized carbons (Fsp3) is 0.345. The van der Waals surface area contributed by atoms with E-state index in [0.29, 0.717) is 17.7 Å². The van der Waals surface area contributed by atoms with Crippen molar-refractivity contribution in [3.8, 4) is 17.4 Å². The molecule has 2 aromatic carbocycles. The van der Waals surface area contributed by atoms with Gasteiger partial charge < -0.3 is 20.1 Å². The van der Waals surface area contributed by atoms with Crippen LogP contribution < -0.4 is 15.2 Å². The number of benzene rings is 2. The van der Waals surface area contributed by atoms with Crippen molar-refractivity contribution in [3.05, 3.63) is 83.0 Å². The maximum absolute atomic E-state index is 11.4. The number of halogens is 1. The molecule has 2 heterocycles. The SMILES string of the molecule is Clc1cc(CCCN2CCCC2)ccc1OC1CC1.NC(=O)C(=O)c1cccc(Oc2ccccn2)c1. The van der Waals surface area contributed by atoms with E-state index in [1.54, 1.807) is 36.5 Å². The van der Waals surface area contributed by atoms with E-state index in [-0.39, 0.29) is 5.56 Å². The van der Waals surface area contributed by atoms with Crippen molar-refractivity contribution < 1.29 is 19.1 Å². The average molecular weight is 522 g/mol. The van der Waals surface area contributed by atoms with Gasteiger partial charge in [-0.1, -0.05) is 35.9 Å². The number of carbonyl (C=O) groups excluding carboxylic acids is 2. The van der Waals surface area contributed by atoms with E-state index >= 15 is 0 Å². The van der Waals surface area contributed by atoms with Crippen molar-refractivity contribution >= 4 is 23.3 Å². The first-order chi connectivity index (χ1) is 18.0. The van der Waals surface area contributed by atoms with Crippen LogP contribution in [0.15, 0.2) is 66.9 Å². The third kappa shape index (κ3) is 8.58. The van der Waals surface area contributed by atoms with Gasteiger partial charge in [-0.15, -0.1) is 0 Å². The minimum Gasteiger partial charge on any atom is -0.489 e. The molecule has 2 fully saturated rings. The molecule has 5 rings (SSSR count). The van der Waals surface area contributed by atoms with Crippen LogP contribution in [-0.4, -0.2) is 47.3 Å². The van der Waals surface area contributed by atoms with Crippen LogP contribution in [0.3, 0.4) is 0 Å². The predicted molar refractivity (Wildman–Crippen MR) is 143 cm³/mol. The number of carbonyl (C=O) groups is 2. The van der Waals surface area contributed by atoms with Gasteiger partial charge in [0.15, 0.2) is 0 Å². The number of Topliss-reactive ketones (excluding diaryl/α,β-unsaturated/α-hetero) is 1. The van der Waals surface area contributed by atoms with Crippen molar-refractivity contribution in [1.29, 1.82) is 0 Å². The van der Waals surface area contributed by atoms with Crippen LogP contribution in [0.1, 0.15) is 48.0 Å². The summed E-state index contributed by atoms with van der Waals surface area (Å²) >= 11 is 6.27. The zero-order valence-electron chi connectivity index (χ0n) is 20.8. The largest absolute Gasteiger partial charge is 0.489 e. The summed E-state index contributed by atoms with van der Waals surface area (Å²) in [4.78, 5) is 28.7. The molecule has 3 aromatic rings. The molecule has 0 unspecified atom stereocenters. The van der Waals surface area contributed by atoms with Crippen LogP contribution in [0.4, 0.5) is 0 Å². The van der Waals surface area contributed by atoms with Gasteiger partial charge in [0.25, 0.3) is 5.91 Å². The fourth-order valence-electron chi connectivity index (χ4n) is 4.05. The van der Waals surface area contributed by atoms with E-state index in [1.165, 1.54) is 69.4 Å². The molecular formula is C29H32ClN3O4. The number of ether oxygens (including phenoxy) is 2. The summed E-state index contributed by atoms with van der Waals surface area (Å²) in [5.41, 5.74) is 6.45. The Morgan fingerprint density at radius 1 is 1.03 bits per heavy atom. The second-order valence-electron chi connectivity index (χ2n) is 9.23. The molecular weight excluding hydrogens is 490 g/mol. The number of rotatable bonds is 10. The number of hydrogen-bond acceptors (Lipinski definition) is 6. The first-order valence-corrected chi connectivity index (χ1v) is 13.1. The Labute approximate surface area is 222 Å². The summed E-state index contributed by atoms with van der Waals surface area (Å²) in [6.45, 7) is 3.79. The lowest BCUT2D eigenvalue weighted by molar-refractivity contribution is -0.114. The van der Waals surface area contributed by atoms with E-state index in [1.807, 2.05) is 6.07 Å². The molecule has 194 valence electrons. The number of likely N-dealkylation sites (tertiary alicyclic amines) is 1. The first kappa shape index (κ1) is 26.6. The third-order valence-corrected chi connectivity index (χ3v) is 6.43. The van der Waals surface area contributed by atoms with Gasteiger partial charge in [-0.3, -0.25) is 9.59 Å². The van der Waals surface area contributed by atoms with Crippen LogP contribution in [-0.2, 0) is 11.2 Å². The molecule has 1 aromatic heterocycles. The second-order valence-corrected chi connectivity index (χ2v) is 9.63. The number of aromatic nitrogens is 1.